The van der Waals surface area contributed by atoms with Gasteiger partial charge in [0.05, 0.1) is 26.1 Å². The Morgan fingerprint density at radius 1 is 1.41 bits per heavy atom. The molecule has 0 aliphatic heterocycles. The maximum atomic E-state index is 11.5. The lowest BCUT2D eigenvalue weighted by Gasteiger charge is -2.18. The molecule has 0 radical (unpaired) electrons. The molecule has 4 nitrogen and oxygen atoms in total. The van der Waals surface area contributed by atoms with Gasteiger partial charge in [-0.2, -0.15) is 0 Å². The first-order valence-corrected chi connectivity index (χ1v) is 5.33. The first-order chi connectivity index (χ1) is 8.02. The number of hydrogen-bond donors (Lipinski definition) is 1. The Kier molecular flexibility index (Phi) is 6.46. The molecule has 0 aromatic carbocycles. The topological polar surface area (TPSA) is 63.6 Å². The predicted octanol–water partition coefficient (Wildman–Crippen LogP) is 1.90. The average Bonchev–Trinajstić information content (AvgIpc) is 2.67. The number of aliphatic carboxylic acids is 1. The van der Waals surface area contributed by atoms with E-state index in [9.17, 15) is 14.0 Å². The number of rotatable bonds is 3. The number of halogens is 1. The summed E-state index contributed by atoms with van der Waals surface area (Å²) in [6.07, 6.45) is 2.33. The first kappa shape index (κ1) is 15.6. The van der Waals surface area contributed by atoms with E-state index in [0.717, 1.165) is 0 Å². The highest BCUT2D eigenvalue weighted by atomic mass is 19.1. The van der Waals surface area contributed by atoms with Gasteiger partial charge in [-0.3, -0.25) is 14.0 Å². The molecule has 4 atom stereocenters. The minimum Gasteiger partial charge on any atom is -0.481 e. The van der Waals surface area contributed by atoms with Crippen molar-refractivity contribution in [1.29, 1.82) is 0 Å². The fourth-order valence-electron chi connectivity index (χ4n) is 2.44. The SMILES string of the molecule is C=CC1CC(C)C(C(=O)O)C1C(=O)OC.CF. The molecule has 1 saturated carbocycles. The molecule has 98 valence electrons. The number of hydrogen-bond acceptors (Lipinski definition) is 3. The Labute approximate surface area is 100 Å². The maximum absolute atomic E-state index is 11.5. The molecule has 0 bridgehead atoms. The minimum atomic E-state index is -0.928. The van der Waals surface area contributed by atoms with Crippen molar-refractivity contribution in [3.8, 4) is 0 Å². The molecule has 0 heterocycles. The van der Waals surface area contributed by atoms with Gasteiger partial charge in [0, 0.05) is 0 Å². The second kappa shape index (κ2) is 7.04. The monoisotopic (exact) mass is 246 g/mol. The number of carbonyl (C=O) groups is 2. The molecule has 1 aliphatic rings. The maximum Gasteiger partial charge on any atom is 0.310 e. The Morgan fingerprint density at radius 3 is 2.29 bits per heavy atom. The molecule has 1 rings (SSSR count). The molecule has 4 unspecified atom stereocenters. The van der Waals surface area contributed by atoms with Crippen LogP contribution >= 0.6 is 0 Å². The quantitative estimate of drug-likeness (QED) is 0.610. The van der Waals surface area contributed by atoms with Crippen LogP contribution in [0.25, 0.3) is 0 Å². The number of ether oxygens (including phenoxy) is 1. The summed E-state index contributed by atoms with van der Waals surface area (Å²) >= 11 is 0. The zero-order chi connectivity index (χ0) is 13.6. The van der Waals surface area contributed by atoms with Crippen LogP contribution in [0.15, 0.2) is 12.7 Å². The van der Waals surface area contributed by atoms with Gasteiger partial charge in [0.25, 0.3) is 0 Å². The van der Waals surface area contributed by atoms with Crippen molar-refractivity contribution < 1.29 is 23.8 Å². The third-order valence-corrected chi connectivity index (χ3v) is 3.17. The van der Waals surface area contributed by atoms with E-state index in [1.807, 2.05) is 6.92 Å². The molecule has 5 heteroatoms. The van der Waals surface area contributed by atoms with E-state index in [2.05, 4.69) is 11.3 Å². The van der Waals surface area contributed by atoms with Crippen molar-refractivity contribution in [2.75, 3.05) is 14.3 Å². The Balaban J connectivity index is 0.00000121. The van der Waals surface area contributed by atoms with Crippen LogP contribution in [0.2, 0.25) is 0 Å². The van der Waals surface area contributed by atoms with Crippen LogP contribution in [0.4, 0.5) is 4.39 Å². The van der Waals surface area contributed by atoms with Crippen LogP contribution in [0.5, 0.6) is 0 Å². The van der Waals surface area contributed by atoms with Gasteiger partial charge in [-0.25, -0.2) is 0 Å². The van der Waals surface area contributed by atoms with E-state index in [1.54, 1.807) is 6.08 Å². The molecule has 0 aromatic heterocycles. The summed E-state index contributed by atoms with van der Waals surface area (Å²) in [6.45, 7) is 5.48. The number of carboxylic acid groups (broad SMARTS) is 1. The third-order valence-electron chi connectivity index (χ3n) is 3.17. The molecule has 0 spiro atoms. The van der Waals surface area contributed by atoms with Crippen LogP contribution in [0.1, 0.15) is 13.3 Å². The fraction of sp³-hybridized carbons (Fsp3) is 0.667. The van der Waals surface area contributed by atoms with Crippen molar-refractivity contribution in [2.45, 2.75) is 13.3 Å². The van der Waals surface area contributed by atoms with E-state index in [-0.39, 0.29) is 11.8 Å². The van der Waals surface area contributed by atoms with Gasteiger partial charge in [-0.1, -0.05) is 13.0 Å². The summed E-state index contributed by atoms with van der Waals surface area (Å²) < 4.78 is 14.1. The van der Waals surface area contributed by atoms with Crippen molar-refractivity contribution in [2.24, 2.45) is 23.7 Å². The molecular formula is C12H19FO4. The van der Waals surface area contributed by atoms with Gasteiger partial charge in [0.1, 0.15) is 0 Å². The summed E-state index contributed by atoms with van der Waals surface area (Å²) in [6, 6.07) is 0. The zero-order valence-corrected chi connectivity index (χ0v) is 10.4. The van der Waals surface area contributed by atoms with Crippen molar-refractivity contribution in [3.63, 3.8) is 0 Å². The number of methoxy groups -OCH3 is 1. The van der Waals surface area contributed by atoms with Crippen molar-refractivity contribution >= 4 is 11.9 Å². The number of allylic oxidation sites excluding steroid dienone is 1. The molecule has 0 saturated heterocycles. The summed E-state index contributed by atoms with van der Waals surface area (Å²) in [5.74, 6) is -2.72. The number of carboxylic acids is 1. The van der Waals surface area contributed by atoms with E-state index in [1.165, 1.54) is 7.11 Å². The van der Waals surface area contributed by atoms with Gasteiger partial charge >= 0.3 is 11.9 Å². The van der Waals surface area contributed by atoms with Crippen LogP contribution in [0, 0.1) is 23.7 Å². The zero-order valence-electron chi connectivity index (χ0n) is 10.4. The molecule has 1 fully saturated rings. The highest BCUT2D eigenvalue weighted by Gasteiger charge is 2.48. The van der Waals surface area contributed by atoms with Gasteiger partial charge < -0.3 is 9.84 Å². The van der Waals surface area contributed by atoms with Gasteiger partial charge in [-0.15, -0.1) is 6.58 Å². The van der Waals surface area contributed by atoms with Crippen LogP contribution in [0.3, 0.4) is 0 Å². The highest BCUT2D eigenvalue weighted by Crippen LogP contribution is 2.42. The molecule has 1 aliphatic carbocycles. The Morgan fingerprint density at radius 2 is 1.94 bits per heavy atom. The predicted molar refractivity (Wildman–Crippen MR) is 61.1 cm³/mol. The van der Waals surface area contributed by atoms with E-state index >= 15 is 0 Å². The smallest absolute Gasteiger partial charge is 0.310 e. The Hall–Kier alpha value is -1.39. The molecule has 1 N–H and O–H groups in total. The van der Waals surface area contributed by atoms with Gasteiger partial charge in [-0.05, 0) is 18.3 Å². The molecule has 0 aromatic rings. The third kappa shape index (κ3) is 3.28. The summed E-state index contributed by atoms with van der Waals surface area (Å²) in [5, 5.41) is 9.07. The summed E-state index contributed by atoms with van der Waals surface area (Å²) in [4.78, 5) is 22.6. The van der Waals surface area contributed by atoms with E-state index in [0.29, 0.717) is 13.6 Å². The number of alkyl halides is 1. The molecule has 17 heavy (non-hydrogen) atoms. The van der Waals surface area contributed by atoms with Crippen LogP contribution in [-0.4, -0.2) is 31.3 Å². The van der Waals surface area contributed by atoms with Crippen molar-refractivity contribution in [3.05, 3.63) is 12.7 Å². The second-order valence-corrected chi connectivity index (χ2v) is 4.03. The van der Waals surface area contributed by atoms with Gasteiger partial charge in [0.2, 0.25) is 0 Å². The van der Waals surface area contributed by atoms with Gasteiger partial charge in [0.15, 0.2) is 0 Å². The van der Waals surface area contributed by atoms with E-state index < -0.39 is 23.8 Å². The summed E-state index contributed by atoms with van der Waals surface area (Å²) in [7, 11) is 1.78. The highest BCUT2D eigenvalue weighted by molar-refractivity contribution is 5.82. The lowest BCUT2D eigenvalue weighted by molar-refractivity contribution is -0.156. The number of carbonyl (C=O) groups excluding carboxylic acids is 1. The first-order valence-electron chi connectivity index (χ1n) is 5.33. The normalized spacial score (nSPS) is 31.1. The van der Waals surface area contributed by atoms with Crippen LogP contribution in [-0.2, 0) is 14.3 Å². The van der Waals surface area contributed by atoms with Crippen LogP contribution < -0.4 is 0 Å². The summed E-state index contributed by atoms with van der Waals surface area (Å²) in [5.41, 5.74) is 0. The minimum absolute atomic E-state index is 0.0189. The van der Waals surface area contributed by atoms with Crippen molar-refractivity contribution in [1.82, 2.24) is 0 Å². The molecular weight excluding hydrogens is 227 g/mol. The standard InChI is InChI=1S/C11H16O4.CH3F/c1-4-7-5-6(2)8(10(12)13)9(7)11(14)15-3;1-2/h4,6-9H,1,5H2,2-3H3,(H,12,13);1H3. The second-order valence-electron chi connectivity index (χ2n) is 4.03. The largest absolute Gasteiger partial charge is 0.481 e. The average molecular weight is 246 g/mol. The fourth-order valence-corrected chi connectivity index (χ4v) is 2.44. The Bertz CT molecular complexity index is 290. The van der Waals surface area contributed by atoms with E-state index in [4.69, 9.17) is 5.11 Å². The lowest BCUT2D eigenvalue weighted by Crippen LogP contribution is -2.31. The molecule has 0 amide bonds. The number of esters is 1. The lowest BCUT2D eigenvalue weighted by atomic mass is 9.87.